The van der Waals surface area contributed by atoms with Crippen molar-refractivity contribution in [2.24, 2.45) is 5.41 Å². The number of carboxylic acid groups (broad SMARTS) is 1. The summed E-state index contributed by atoms with van der Waals surface area (Å²) >= 11 is 1.09. The van der Waals surface area contributed by atoms with Crippen LogP contribution in [0.25, 0.3) is 0 Å². The van der Waals surface area contributed by atoms with Crippen LogP contribution in [0, 0.1) is 5.41 Å². The lowest BCUT2D eigenvalue weighted by molar-refractivity contribution is 0.0634. The van der Waals surface area contributed by atoms with Gasteiger partial charge in [0.25, 0.3) is 5.91 Å². The molecule has 1 aliphatic rings. The summed E-state index contributed by atoms with van der Waals surface area (Å²) in [5.74, 6) is -1.27. The van der Waals surface area contributed by atoms with Gasteiger partial charge in [0.2, 0.25) is 0 Å². The van der Waals surface area contributed by atoms with E-state index in [1.165, 1.54) is 5.38 Å². The van der Waals surface area contributed by atoms with E-state index in [1.807, 2.05) is 0 Å². The van der Waals surface area contributed by atoms with Crippen LogP contribution in [0.15, 0.2) is 5.38 Å². The van der Waals surface area contributed by atoms with Crippen molar-refractivity contribution in [1.82, 2.24) is 9.88 Å². The number of nitrogens with zero attached hydrogens (tertiary/aromatic N) is 2. The van der Waals surface area contributed by atoms with E-state index in [-0.39, 0.29) is 22.7 Å². The first-order valence-corrected chi connectivity index (χ1v) is 7.64. The van der Waals surface area contributed by atoms with Crippen molar-refractivity contribution in [3.8, 4) is 0 Å². The Morgan fingerprint density at radius 2 is 2.00 bits per heavy atom. The molecule has 1 N–H and O–H groups in total. The average molecular weight is 296 g/mol. The molecule has 1 aromatic heterocycles. The second kappa shape index (κ2) is 5.52. The molecule has 20 heavy (non-hydrogen) atoms. The number of carbonyl (C=O) groups is 2. The standard InChI is InChI=1S/C14H20N2O3S/c1-14(2)6-4-9(5-7-14)16(3)12(17)11-15-10(8-20-11)13(18)19/h8-9H,4-7H2,1-3H3,(H,18,19). The highest BCUT2D eigenvalue weighted by Gasteiger charge is 2.31. The smallest absolute Gasteiger partial charge is 0.355 e. The number of carboxylic acids is 1. The van der Waals surface area contributed by atoms with E-state index in [0.29, 0.717) is 5.41 Å². The molecular weight excluding hydrogens is 276 g/mol. The lowest BCUT2D eigenvalue weighted by Gasteiger charge is -2.38. The van der Waals surface area contributed by atoms with Gasteiger partial charge in [0.15, 0.2) is 10.7 Å². The minimum atomic E-state index is -1.10. The summed E-state index contributed by atoms with van der Waals surface area (Å²) in [4.78, 5) is 28.7. The molecule has 2 rings (SSSR count). The third-order valence-electron chi connectivity index (χ3n) is 4.08. The summed E-state index contributed by atoms with van der Waals surface area (Å²) in [7, 11) is 1.78. The predicted octanol–water partition coefficient (Wildman–Crippen LogP) is 2.88. The molecule has 0 aliphatic heterocycles. The summed E-state index contributed by atoms with van der Waals surface area (Å²) in [6.07, 6.45) is 4.19. The molecule has 0 atom stereocenters. The van der Waals surface area contributed by atoms with Crippen LogP contribution >= 0.6 is 11.3 Å². The van der Waals surface area contributed by atoms with E-state index < -0.39 is 5.97 Å². The Balaban J connectivity index is 2.03. The number of aromatic nitrogens is 1. The van der Waals surface area contributed by atoms with Crippen molar-refractivity contribution in [3.05, 3.63) is 16.1 Å². The maximum absolute atomic E-state index is 12.3. The van der Waals surface area contributed by atoms with Gasteiger partial charge in [-0.1, -0.05) is 13.8 Å². The Kier molecular flexibility index (Phi) is 4.13. The first kappa shape index (κ1) is 15.0. The molecule has 1 aliphatic carbocycles. The van der Waals surface area contributed by atoms with Gasteiger partial charge in [-0.2, -0.15) is 0 Å². The van der Waals surface area contributed by atoms with Gasteiger partial charge in [0.1, 0.15) is 0 Å². The normalized spacial score (nSPS) is 18.8. The number of hydrogen-bond acceptors (Lipinski definition) is 4. The first-order chi connectivity index (χ1) is 9.30. The van der Waals surface area contributed by atoms with Crippen molar-refractivity contribution >= 4 is 23.2 Å². The molecule has 1 aromatic rings. The molecule has 0 radical (unpaired) electrons. The lowest BCUT2D eigenvalue weighted by Crippen LogP contribution is -2.40. The molecule has 110 valence electrons. The van der Waals surface area contributed by atoms with E-state index in [1.54, 1.807) is 11.9 Å². The van der Waals surface area contributed by atoms with Gasteiger partial charge in [-0.15, -0.1) is 11.3 Å². The van der Waals surface area contributed by atoms with Gasteiger partial charge >= 0.3 is 5.97 Å². The van der Waals surface area contributed by atoms with Crippen LogP contribution in [0.5, 0.6) is 0 Å². The Labute approximate surface area is 122 Å². The van der Waals surface area contributed by atoms with Crippen LogP contribution in [0.2, 0.25) is 0 Å². The largest absolute Gasteiger partial charge is 0.476 e. The summed E-state index contributed by atoms with van der Waals surface area (Å²) < 4.78 is 0. The SMILES string of the molecule is CN(C(=O)c1nc(C(=O)O)cs1)C1CCC(C)(C)CC1. The highest BCUT2D eigenvalue weighted by Crippen LogP contribution is 2.36. The molecule has 1 heterocycles. The molecule has 0 bridgehead atoms. The Morgan fingerprint density at radius 3 is 2.50 bits per heavy atom. The fourth-order valence-corrected chi connectivity index (χ4v) is 3.33. The van der Waals surface area contributed by atoms with Crippen molar-refractivity contribution < 1.29 is 14.7 Å². The number of hydrogen-bond donors (Lipinski definition) is 1. The van der Waals surface area contributed by atoms with E-state index in [9.17, 15) is 9.59 Å². The van der Waals surface area contributed by atoms with Gasteiger partial charge in [0.05, 0.1) is 0 Å². The maximum Gasteiger partial charge on any atom is 0.355 e. The predicted molar refractivity (Wildman–Crippen MR) is 77.2 cm³/mol. The molecule has 0 spiro atoms. The van der Waals surface area contributed by atoms with Crippen LogP contribution in [0.1, 0.15) is 59.8 Å². The van der Waals surface area contributed by atoms with Crippen molar-refractivity contribution in [3.63, 3.8) is 0 Å². The molecule has 1 amide bonds. The lowest BCUT2D eigenvalue weighted by atomic mass is 9.75. The second-order valence-electron chi connectivity index (χ2n) is 6.15. The van der Waals surface area contributed by atoms with Gasteiger partial charge in [0, 0.05) is 18.5 Å². The number of aromatic carboxylic acids is 1. The van der Waals surface area contributed by atoms with E-state index in [4.69, 9.17) is 5.11 Å². The minimum absolute atomic E-state index is 0.0588. The molecule has 0 saturated heterocycles. The summed E-state index contributed by atoms with van der Waals surface area (Å²) in [6, 6.07) is 0.229. The van der Waals surface area contributed by atoms with Crippen molar-refractivity contribution in [2.75, 3.05) is 7.05 Å². The highest BCUT2D eigenvalue weighted by molar-refractivity contribution is 7.11. The highest BCUT2D eigenvalue weighted by atomic mass is 32.1. The van der Waals surface area contributed by atoms with Gasteiger partial charge < -0.3 is 10.0 Å². The zero-order valence-corrected chi connectivity index (χ0v) is 12.9. The topological polar surface area (TPSA) is 70.5 Å². The Bertz CT molecular complexity index is 514. The Hall–Kier alpha value is -1.43. The van der Waals surface area contributed by atoms with Crippen LogP contribution in [0.4, 0.5) is 0 Å². The summed E-state index contributed by atoms with van der Waals surface area (Å²) in [5.41, 5.74) is 0.300. The molecule has 1 saturated carbocycles. The summed E-state index contributed by atoms with van der Waals surface area (Å²) in [6.45, 7) is 4.51. The summed E-state index contributed by atoms with van der Waals surface area (Å²) in [5, 5.41) is 10.5. The number of amides is 1. The van der Waals surface area contributed by atoms with Crippen LogP contribution in [-0.2, 0) is 0 Å². The minimum Gasteiger partial charge on any atom is -0.476 e. The second-order valence-corrected chi connectivity index (χ2v) is 7.01. The third kappa shape index (κ3) is 3.17. The monoisotopic (exact) mass is 296 g/mol. The molecular formula is C14H20N2O3S. The quantitative estimate of drug-likeness (QED) is 0.931. The number of thiazole rings is 1. The Morgan fingerprint density at radius 1 is 1.40 bits per heavy atom. The third-order valence-corrected chi connectivity index (χ3v) is 4.91. The van der Waals surface area contributed by atoms with Crippen molar-refractivity contribution in [1.29, 1.82) is 0 Å². The maximum atomic E-state index is 12.3. The van der Waals surface area contributed by atoms with Crippen molar-refractivity contribution in [2.45, 2.75) is 45.6 Å². The van der Waals surface area contributed by atoms with Crippen LogP contribution < -0.4 is 0 Å². The van der Waals surface area contributed by atoms with Gasteiger partial charge in [-0.05, 0) is 31.1 Å². The van der Waals surface area contributed by atoms with E-state index in [2.05, 4.69) is 18.8 Å². The molecule has 1 fully saturated rings. The van der Waals surface area contributed by atoms with E-state index >= 15 is 0 Å². The average Bonchev–Trinajstić information content (AvgIpc) is 2.86. The van der Waals surface area contributed by atoms with E-state index in [0.717, 1.165) is 37.0 Å². The number of rotatable bonds is 3. The zero-order valence-electron chi connectivity index (χ0n) is 12.0. The first-order valence-electron chi connectivity index (χ1n) is 6.76. The molecule has 5 nitrogen and oxygen atoms in total. The van der Waals surface area contributed by atoms with Gasteiger partial charge in [-0.3, -0.25) is 4.79 Å². The molecule has 0 aromatic carbocycles. The van der Waals surface area contributed by atoms with Crippen LogP contribution in [0.3, 0.4) is 0 Å². The van der Waals surface area contributed by atoms with Crippen LogP contribution in [-0.4, -0.2) is 40.0 Å². The fourth-order valence-electron chi connectivity index (χ4n) is 2.56. The number of carbonyl (C=O) groups excluding carboxylic acids is 1. The zero-order chi connectivity index (χ0) is 14.9. The fraction of sp³-hybridized carbons (Fsp3) is 0.643. The molecule has 0 unspecified atom stereocenters. The van der Waals surface area contributed by atoms with Gasteiger partial charge in [-0.25, -0.2) is 9.78 Å². The molecule has 6 heteroatoms.